The van der Waals surface area contributed by atoms with E-state index in [1.165, 1.54) is 13.5 Å². The lowest BCUT2D eigenvalue weighted by atomic mass is 10.0. The summed E-state index contributed by atoms with van der Waals surface area (Å²) in [7, 11) is 5.70. The van der Waals surface area contributed by atoms with Crippen LogP contribution in [0.4, 0.5) is 0 Å². The number of aromatic nitrogens is 1. The van der Waals surface area contributed by atoms with Crippen LogP contribution in [0.25, 0.3) is 10.9 Å². The number of aryl methyl sites for hydroxylation is 1. The van der Waals surface area contributed by atoms with Gasteiger partial charge in [-0.2, -0.15) is 0 Å². The number of ether oxygens (including phenoxy) is 1. The first-order chi connectivity index (χ1) is 16.5. The third-order valence-electron chi connectivity index (χ3n) is 7.19. The summed E-state index contributed by atoms with van der Waals surface area (Å²) < 4.78 is 7.57. The normalized spacial score (nSPS) is 16.3. The highest BCUT2D eigenvalue weighted by atomic mass is 16.5. The van der Waals surface area contributed by atoms with Crippen LogP contribution in [0, 0.1) is 0 Å². The van der Waals surface area contributed by atoms with Crippen LogP contribution in [0.3, 0.4) is 0 Å². The number of methoxy groups -OCH3 is 1. The van der Waals surface area contributed by atoms with E-state index in [2.05, 4.69) is 34.7 Å². The van der Waals surface area contributed by atoms with Crippen LogP contribution < -0.4 is 4.74 Å². The van der Waals surface area contributed by atoms with Crippen LogP contribution >= 0.6 is 0 Å². The lowest BCUT2D eigenvalue weighted by Gasteiger charge is -2.27. The first kappa shape index (κ1) is 24.3. The van der Waals surface area contributed by atoms with Crippen molar-refractivity contribution in [3.63, 3.8) is 0 Å². The van der Waals surface area contributed by atoms with Gasteiger partial charge in [-0.1, -0.05) is 18.2 Å². The monoisotopic (exact) mass is 465 g/mol. The number of aliphatic hydroxyl groups is 2. The Morgan fingerprint density at radius 2 is 1.94 bits per heavy atom. The Kier molecular flexibility index (Phi) is 7.56. The Bertz CT molecular complexity index is 1130. The van der Waals surface area contributed by atoms with Crippen LogP contribution in [0.2, 0.25) is 0 Å². The van der Waals surface area contributed by atoms with Gasteiger partial charge in [0.2, 0.25) is 0 Å². The largest absolute Gasteiger partial charge is 0.496 e. The maximum Gasteiger partial charge on any atom is 0.254 e. The molecule has 1 unspecified atom stereocenters. The van der Waals surface area contributed by atoms with Gasteiger partial charge in [0.25, 0.3) is 5.91 Å². The van der Waals surface area contributed by atoms with Crippen molar-refractivity contribution in [1.82, 2.24) is 14.4 Å². The molecule has 2 aromatic carbocycles. The standard InChI is InChI=1S/C27H35N3O4/c1-28-11-6-8-22(28)10-12-30(16-23-14-19-7-4-5-9-25(19)29(23)2)27(33)20-13-21(17-31)24(18-32)26(15-20)34-3/h4-5,7,9,13-15,22,31-32H,6,8,10-12,16-18H2,1-3H3. The van der Waals surface area contributed by atoms with Crippen LogP contribution in [0.1, 0.15) is 46.4 Å². The number of para-hydroxylation sites is 1. The minimum absolute atomic E-state index is 0.108. The van der Waals surface area contributed by atoms with E-state index in [1.54, 1.807) is 12.1 Å². The van der Waals surface area contributed by atoms with E-state index in [0.29, 0.717) is 41.6 Å². The molecule has 1 aromatic heterocycles. The Hall–Kier alpha value is -2.87. The fraction of sp³-hybridized carbons (Fsp3) is 0.444. The molecule has 182 valence electrons. The van der Waals surface area contributed by atoms with Gasteiger partial charge in [-0.15, -0.1) is 0 Å². The zero-order chi connectivity index (χ0) is 24.2. The number of hydrogen-bond donors (Lipinski definition) is 2. The van der Waals surface area contributed by atoms with E-state index < -0.39 is 0 Å². The number of amides is 1. The molecule has 0 radical (unpaired) electrons. The van der Waals surface area contributed by atoms with Crippen molar-refractivity contribution >= 4 is 16.8 Å². The molecule has 0 aliphatic carbocycles. The Morgan fingerprint density at radius 1 is 1.15 bits per heavy atom. The molecule has 34 heavy (non-hydrogen) atoms. The van der Waals surface area contributed by atoms with Crippen LogP contribution in [-0.2, 0) is 26.8 Å². The minimum Gasteiger partial charge on any atom is -0.496 e. The molecular formula is C27H35N3O4. The zero-order valence-electron chi connectivity index (χ0n) is 20.3. The number of nitrogens with zero attached hydrogens (tertiary/aromatic N) is 3. The third-order valence-corrected chi connectivity index (χ3v) is 7.19. The number of benzene rings is 2. The molecular weight excluding hydrogens is 430 g/mol. The van der Waals surface area contributed by atoms with Gasteiger partial charge in [0, 0.05) is 42.0 Å². The van der Waals surface area contributed by atoms with Gasteiger partial charge in [0.1, 0.15) is 5.75 Å². The topological polar surface area (TPSA) is 78.2 Å². The van der Waals surface area contributed by atoms with E-state index in [-0.39, 0.29) is 19.1 Å². The average Bonchev–Trinajstić information content (AvgIpc) is 3.42. The van der Waals surface area contributed by atoms with E-state index in [9.17, 15) is 15.0 Å². The maximum absolute atomic E-state index is 13.8. The molecule has 0 saturated carbocycles. The molecule has 7 heteroatoms. The van der Waals surface area contributed by atoms with Crippen molar-refractivity contribution in [2.45, 2.75) is 45.1 Å². The first-order valence-electron chi connectivity index (χ1n) is 11.9. The zero-order valence-corrected chi connectivity index (χ0v) is 20.3. The minimum atomic E-state index is -0.274. The van der Waals surface area contributed by atoms with Gasteiger partial charge in [-0.3, -0.25) is 4.79 Å². The predicted molar refractivity (Wildman–Crippen MR) is 133 cm³/mol. The highest BCUT2D eigenvalue weighted by molar-refractivity contribution is 5.95. The molecule has 0 bridgehead atoms. The molecule has 1 amide bonds. The van der Waals surface area contributed by atoms with Gasteiger partial charge in [0.15, 0.2) is 0 Å². The molecule has 2 heterocycles. The lowest BCUT2D eigenvalue weighted by molar-refractivity contribution is 0.0725. The average molecular weight is 466 g/mol. The quantitative estimate of drug-likeness (QED) is 0.507. The summed E-state index contributed by atoms with van der Waals surface area (Å²) >= 11 is 0. The molecule has 1 aliphatic rings. The highest BCUT2D eigenvalue weighted by Crippen LogP contribution is 2.28. The van der Waals surface area contributed by atoms with E-state index in [1.807, 2.05) is 24.1 Å². The molecule has 1 aliphatic heterocycles. The van der Waals surface area contributed by atoms with Gasteiger partial charge in [-0.25, -0.2) is 0 Å². The van der Waals surface area contributed by atoms with E-state index in [0.717, 1.165) is 36.0 Å². The molecule has 1 saturated heterocycles. The number of likely N-dealkylation sites (tertiary alicyclic amines) is 1. The van der Waals surface area contributed by atoms with Crippen molar-refractivity contribution in [2.75, 3.05) is 27.2 Å². The van der Waals surface area contributed by atoms with Gasteiger partial charge in [-0.05, 0) is 68.1 Å². The summed E-state index contributed by atoms with van der Waals surface area (Å²) in [6.07, 6.45) is 3.25. The fourth-order valence-corrected chi connectivity index (χ4v) is 5.11. The fourth-order valence-electron chi connectivity index (χ4n) is 5.11. The second kappa shape index (κ2) is 10.6. The molecule has 3 aromatic rings. The SMILES string of the molecule is COc1cc(C(=O)N(CCC2CCCN2C)Cc2cc3ccccc3n2C)cc(CO)c1CO. The van der Waals surface area contributed by atoms with Gasteiger partial charge < -0.3 is 29.3 Å². The molecule has 4 rings (SSSR count). The van der Waals surface area contributed by atoms with Crippen molar-refractivity contribution in [3.8, 4) is 5.75 Å². The molecule has 7 nitrogen and oxygen atoms in total. The van der Waals surface area contributed by atoms with E-state index in [4.69, 9.17) is 4.74 Å². The number of aliphatic hydroxyl groups excluding tert-OH is 2. The highest BCUT2D eigenvalue weighted by Gasteiger charge is 2.25. The van der Waals surface area contributed by atoms with E-state index >= 15 is 0 Å². The van der Waals surface area contributed by atoms with Crippen LogP contribution in [0.5, 0.6) is 5.75 Å². The lowest BCUT2D eigenvalue weighted by Crippen LogP contribution is -2.36. The summed E-state index contributed by atoms with van der Waals surface area (Å²) in [5.74, 6) is 0.306. The third kappa shape index (κ3) is 4.82. The molecule has 1 atom stereocenters. The smallest absolute Gasteiger partial charge is 0.254 e. The number of carbonyl (C=O) groups is 1. The Morgan fingerprint density at radius 3 is 2.59 bits per heavy atom. The molecule has 0 spiro atoms. The first-order valence-corrected chi connectivity index (χ1v) is 11.9. The van der Waals surface area contributed by atoms with Crippen molar-refractivity contribution < 1.29 is 19.7 Å². The number of fused-ring (bicyclic) bond motifs is 1. The molecule has 2 N–H and O–H groups in total. The summed E-state index contributed by atoms with van der Waals surface area (Å²) in [5, 5.41) is 20.7. The number of carbonyl (C=O) groups excluding carboxylic acids is 1. The Labute approximate surface area is 201 Å². The summed E-state index contributed by atoms with van der Waals surface area (Å²) in [6.45, 7) is 1.68. The van der Waals surface area contributed by atoms with Crippen molar-refractivity contribution in [3.05, 3.63) is 64.8 Å². The number of hydrogen-bond acceptors (Lipinski definition) is 5. The van der Waals surface area contributed by atoms with Crippen LogP contribution in [0.15, 0.2) is 42.5 Å². The number of rotatable bonds is 9. The van der Waals surface area contributed by atoms with Crippen molar-refractivity contribution in [1.29, 1.82) is 0 Å². The second-order valence-corrected chi connectivity index (χ2v) is 9.18. The van der Waals surface area contributed by atoms with Gasteiger partial charge >= 0.3 is 0 Å². The predicted octanol–water partition coefficient (Wildman–Crippen LogP) is 3.30. The summed E-state index contributed by atoms with van der Waals surface area (Å²) in [6, 6.07) is 14.2. The van der Waals surface area contributed by atoms with Crippen molar-refractivity contribution in [2.24, 2.45) is 7.05 Å². The maximum atomic E-state index is 13.8. The summed E-state index contributed by atoms with van der Waals surface area (Å²) in [5.41, 5.74) is 3.67. The van der Waals surface area contributed by atoms with Gasteiger partial charge in [0.05, 0.1) is 26.9 Å². The summed E-state index contributed by atoms with van der Waals surface area (Å²) in [4.78, 5) is 18.1. The van der Waals surface area contributed by atoms with Crippen LogP contribution in [-0.4, -0.2) is 63.8 Å². The second-order valence-electron chi connectivity index (χ2n) is 9.18. The Balaban J connectivity index is 1.66. The molecule has 1 fully saturated rings.